The Morgan fingerprint density at radius 1 is 1.44 bits per heavy atom. The van der Waals surface area contributed by atoms with Gasteiger partial charge in [-0.15, -0.1) is 0 Å². The number of carbonyl (C=O) groups excluding carboxylic acids is 2. The van der Waals surface area contributed by atoms with Crippen molar-refractivity contribution in [2.24, 2.45) is 0 Å². The van der Waals surface area contributed by atoms with Gasteiger partial charge in [-0.2, -0.15) is 0 Å². The molecule has 0 radical (unpaired) electrons. The van der Waals surface area contributed by atoms with Crippen molar-refractivity contribution in [1.29, 1.82) is 0 Å². The van der Waals surface area contributed by atoms with Crippen LogP contribution >= 0.6 is 0 Å². The van der Waals surface area contributed by atoms with Crippen LogP contribution in [0.1, 0.15) is 22.8 Å². The number of methoxy groups -OCH3 is 1. The molecule has 0 fully saturated rings. The summed E-state index contributed by atoms with van der Waals surface area (Å²) in [7, 11) is 1.22. The van der Waals surface area contributed by atoms with Gasteiger partial charge in [0.05, 0.1) is 24.8 Å². The number of halogens is 1. The summed E-state index contributed by atoms with van der Waals surface area (Å²) in [6, 6.07) is 3.88. The molecule has 4 nitrogen and oxygen atoms in total. The Labute approximate surface area is 104 Å². The Balaban J connectivity index is 2.79. The van der Waals surface area contributed by atoms with Crippen LogP contribution in [0, 0.1) is 17.7 Å². The molecule has 18 heavy (non-hydrogen) atoms. The summed E-state index contributed by atoms with van der Waals surface area (Å²) in [6.07, 6.45) is 0. The molecule has 0 aliphatic rings. The molecule has 0 spiro atoms. The second kappa shape index (κ2) is 6.40. The Morgan fingerprint density at radius 2 is 2.17 bits per heavy atom. The number of amides is 1. The first-order chi connectivity index (χ1) is 8.54. The summed E-state index contributed by atoms with van der Waals surface area (Å²) in [5.41, 5.74) is 0.287. The third-order valence-electron chi connectivity index (χ3n) is 2.04. The zero-order valence-corrected chi connectivity index (χ0v) is 10.0. The van der Waals surface area contributed by atoms with E-state index >= 15 is 0 Å². The van der Waals surface area contributed by atoms with Crippen LogP contribution in [-0.2, 0) is 9.53 Å². The minimum atomic E-state index is -0.605. The van der Waals surface area contributed by atoms with Gasteiger partial charge in [0.15, 0.2) is 0 Å². The number of carbonyl (C=O) groups is 2. The van der Waals surface area contributed by atoms with E-state index < -0.39 is 11.8 Å². The molecule has 5 heteroatoms. The van der Waals surface area contributed by atoms with E-state index in [-0.39, 0.29) is 23.6 Å². The molecule has 1 aromatic rings. The van der Waals surface area contributed by atoms with E-state index in [1.54, 1.807) is 0 Å². The summed E-state index contributed by atoms with van der Waals surface area (Å²) < 4.78 is 18.0. The quantitative estimate of drug-likeness (QED) is 0.630. The third kappa shape index (κ3) is 3.91. The van der Waals surface area contributed by atoms with Gasteiger partial charge in [0, 0.05) is 6.92 Å². The monoisotopic (exact) mass is 249 g/mol. The zero-order chi connectivity index (χ0) is 13.5. The maximum atomic E-state index is 13.5. The molecule has 0 aliphatic heterocycles. The average molecular weight is 249 g/mol. The normalized spacial score (nSPS) is 9.06. The molecular formula is C13H12FNO3. The fourth-order valence-corrected chi connectivity index (χ4v) is 1.17. The molecule has 1 N–H and O–H groups in total. The highest BCUT2D eigenvalue weighted by molar-refractivity contribution is 5.89. The predicted octanol–water partition coefficient (Wildman–Crippen LogP) is 1.10. The SMILES string of the molecule is COC(=O)c1ccc(C#CCNC(C)=O)c(F)c1. The van der Waals surface area contributed by atoms with Gasteiger partial charge >= 0.3 is 5.97 Å². The maximum absolute atomic E-state index is 13.5. The third-order valence-corrected chi connectivity index (χ3v) is 2.04. The van der Waals surface area contributed by atoms with Crippen LogP contribution in [0.4, 0.5) is 4.39 Å². The molecule has 0 unspecified atom stereocenters. The van der Waals surface area contributed by atoms with Gasteiger partial charge in [0.2, 0.25) is 5.91 Å². The summed E-state index contributed by atoms with van der Waals surface area (Å²) in [6.45, 7) is 1.51. The molecule has 0 heterocycles. The number of benzene rings is 1. The first-order valence-corrected chi connectivity index (χ1v) is 5.15. The highest BCUT2D eigenvalue weighted by Gasteiger charge is 2.08. The topological polar surface area (TPSA) is 55.4 Å². The van der Waals surface area contributed by atoms with Crippen LogP contribution in [0.3, 0.4) is 0 Å². The molecule has 1 aromatic carbocycles. The number of esters is 1. The summed E-state index contributed by atoms with van der Waals surface area (Å²) in [4.78, 5) is 21.7. The van der Waals surface area contributed by atoms with Gasteiger partial charge in [-0.25, -0.2) is 9.18 Å². The molecule has 0 aromatic heterocycles. The smallest absolute Gasteiger partial charge is 0.337 e. The van der Waals surface area contributed by atoms with Crippen molar-refractivity contribution in [2.45, 2.75) is 6.92 Å². The van der Waals surface area contributed by atoms with Gasteiger partial charge < -0.3 is 10.1 Å². The van der Waals surface area contributed by atoms with Crippen molar-refractivity contribution in [3.05, 3.63) is 35.1 Å². The molecule has 0 saturated heterocycles. The van der Waals surface area contributed by atoms with Crippen LogP contribution in [0.5, 0.6) is 0 Å². The Bertz CT molecular complexity index is 529. The van der Waals surface area contributed by atoms with Crippen molar-refractivity contribution < 1.29 is 18.7 Å². The van der Waals surface area contributed by atoms with Crippen molar-refractivity contribution in [2.75, 3.05) is 13.7 Å². The molecule has 1 rings (SSSR count). The van der Waals surface area contributed by atoms with E-state index in [1.165, 1.54) is 26.2 Å². The van der Waals surface area contributed by atoms with E-state index in [9.17, 15) is 14.0 Å². The van der Waals surface area contributed by atoms with Crippen molar-refractivity contribution in [3.63, 3.8) is 0 Å². The minimum Gasteiger partial charge on any atom is -0.465 e. The van der Waals surface area contributed by atoms with E-state index in [0.29, 0.717) is 0 Å². The van der Waals surface area contributed by atoms with Crippen LogP contribution in [-0.4, -0.2) is 25.5 Å². The van der Waals surface area contributed by atoms with Gasteiger partial charge in [0.1, 0.15) is 5.82 Å². The standard InChI is InChI=1S/C13H12FNO3/c1-9(16)15-7-3-4-10-5-6-11(8-12(10)14)13(17)18-2/h5-6,8H,7H2,1-2H3,(H,15,16). The fraction of sp³-hybridized carbons (Fsp3) is 0.231. The number of nitrogens with one attached hydrogen (secondary N) is 1. The second-order valence-electron chi connectivity index (χ2n) is 3.40. The average Bonchev–Trinajstić information content (AvgIpc) is 2.34. The second-order valence-corrected chi connectivity index (χ2v) is 3.40. The molecule has 0 atom stereocenters. The first kappa shape index (κ1) is 13.7. The number of hydrogen-bond donors (Lipinski definition) is 1. The zero-order valence-electron chi connectivity index (χ0n) is 10.0. The van der Waals surface area contributed by atoms with Crippen LogP contribution in [0.2, 0.25) is 0 Å². The maximum Gasteiger partial charge on any atom is 0.337 e. The lowest BCUT2D eigenvalue weighted by molar-refractivity contribution is -0.118. The lowest BCUT2D eigenvalue weighted by atomic mass is 10.1. The largest absolute Gasteiger partial charge is 0.465 e. The number of hydrogen-bond acceptors (Lipinski definition) is 3. The van der Waals surface area contributed by atoms with Gasteiger partial charge in [-0.3, -0.25) is 4.79 Å². The Morgan fingerprint density at radius 3 is 2.72 bits per heavy atom. The predicted molar refractivity (Wildman–Crippen MR) is 63.3 cm³/mol. The Kier molecular flexibility index (Phi) is 4.88. The Hall–Kier alpha value is -2.35. The fourth-order valence-electron chi connectivity index (χ4n) is 1.17. The molecule has 1 amide bonds. The van der Waals surface area contributed by atoms with Crippen molar-refractivity contribution in [1.82, 2.24) is 5.32 Å². The van der Waals surface area contributed by atoms with E-state index in [1.807, 2.05) is 0 Å². The lowest BCUT2D eigenvalue weighted by Gasteiger charge is -2.00. The van der Waals surface area contributed by atoms with E-state index in [0.717, 1.165) is 6.07 Å². The van der Waals surface area contributed by atoms with Gasteiger partial charge in [-0.05, 0) is 18.2 Å². The molecule has 0 bridgehead atoms. The lowest BCUT2D eigenvalue weighted by Crippen LogP contribution is -2.19. The minimum absolute atomic E-state index is 0.127. The highest BCUT2D eigenvalue weighted by atomic mass is 19.1. The first-order valence-electron chi connectivity index (χ1n) is 5.15. The summed E-state index contributed by atoms with van der Waals surface area (Å²) >= 11 is 0. The van der Waals surface area contributed by atoms with Gasteiger partial charge in [0.25, 0.3) is 0 Å². The summed E-state index contributed by atoms with van der Waals surface area (Å²) in [5, 5.41) is 2.46. The number of ether oxygens (including phenoxy) is 1. The molecule has 94 valence electrons. The van der Waals surface area contributed by atoms with Crippen molar-refractivity contribution in [3.8, 4) is 11.8 Å². The highest BCUT2D eigenvalue weighted by Crippen LogP contribution is 2.10. The summed E-state index contributed by atoms with van der Waals surface area (Å²) in [5.74, 6) is 3.75. The van der Waals surface area contributed by atoms with Crippen LogP contribution in [0.15, 0.2) is 18.2 Å². The molecular weight excluding hydrogens is 237 g/mol. The van der Waals surface area contributed by atoms with Crippen LogP contribution < -0.4 is 5.32 Å². The van der Waals surface area contributed by atoms with E-state index in [2.05, 4.69) is 21.9 Å². The number of rotatable bonds is 2. The van der Waals surface area contributed by atoms with E-state index in [4.69, 9.17) is 0 Å². The van der Waals surface area contributed by atoms with Crippen LogP contribution in [0.25, 0.3) is 0 Å². The van der Waals surface area contributed by atoms with Crippen molar-refractivity contribution >= 4 is 11.9 Å². The van der Waals surface area contributed by atoms with Gasteiger partial charge in [-0.1, -0.05) is 11.8 Å². The molecule has 0 saturated carbocycles. The molecule has 0 aliphatic carbocycles.